The predicted octanol–water partition coefficient (Wildman–Crippen LogP) is 1.08. The Bertz CT molecular complexity index is 528. The van der Waals surface area contributed by atoms with Crippen LogP contribution in [0.25, 0.3) is 0 Å². The maximum atomic E-state index is 12.8. The smallest absolute Gasteiger partial charge is 0.216 e. The molecule has 2 N–H and O–H groups in total. The molecule has 0 bridgehead atoms. The Morgan fingerprint density at radius 2 is 1.90 bits per heavy atom. The summed E-state index contributed by atoms with van der Waals surface area (Å²) in [7, 11) is -1.91. The number of benzene rings is 1. The second-order valence-electron chi connectivity index (χ2n) is 4.54. The van der Waals surface area contributed by atoms with Crippen LogP contribution in [0.5, 0.6) is 0 Å². The van der Waals surface area contributed by atoms with Crippen LogP contribution in [-0.2, 0) is 20.5 Å². The Kier molecular flexibility index (Phi) is 8.69. The summed E-state index contributed by atoms with van der Waals surface area (Å²) in [4.78, 5) is 0. The SMILES string of the molecule is CO[C@H]1CNC[C@@H]1NS(=O)(=O)Cc1ccc(F)cc1.Cl.Cl. The van der Waals surface area contributed by atoms with Gasteiger partial charge in [0.05, 0.1) is 17.9 Å². The molecule has 0 spiro atoms. The highest BCUT2D eigenvalue weighted by molar-refractivity contribution is 7.88. The molecule has 5 nitrogen and oxygen atoms in total. The summed E-state index contributed by atoms with van der Waals surface area (Å²) in [5, 5.41) is 3.07. The summed E-state index contributed by atoms with van der Waals surface area (Å²) >= 11 is 0. The predicted molar refractivity (Wildman–Crippen MR) is 84.1 cm³/mol. The van der Waals surface area contributed by atoms with Gasteiger partial charge in [0.15, 0.2) is 0 Å². The van der Waals surface area contributed by atoms with Crippen molar-refractivity contribution in [3.63, 3.8) is 0 Å². The van der Waals surface area contributed by atoms with E-state index in [-0.39, 0.29) is 48.5 Å². The average molecular weight is 361 g/mol. The van der Waals surface area contributed by atoms with Gasteiger partial charge >= 0.3 is 0 Å². The lowest BCUT2D eigenvalue weighted by atomic mass is 10.2. The summed E-state index contributed by atoms with van der Waals surface area (Å²) in [6.45, 7) is 1.17. The molecule has 0 aromatic heterocycles. The second-order valence-corrected chi connectivity index (χ2v) is 6.30. The fraction of sp³-hybridized carbons (Fsp3) is 0.500. The number of rotatable bonds is 5. The molecule has 0 amide bonds. The number of nitrogens with one attached hydrogen (secondary N) is 2. The third-order valence-corrected chi connectivity index (χ3v) is 4.44. The first kappa shape index (κ1) is 20.6. The Morgan fingerprint density at radius 1 is 1.29 bits per heavy atom. The van der Waals surface area contributed by atoms with Gasteiger partial charge in [0.1, 0.15) is 5.82 Å². The van der Waals surface area contributed by atoms with Crippen LogP contribution in [0, 0.1) is 5.82 Å². The molecular formula is C12H19Cl2FN2O3S. The minimum Gasteiger partial charge on any atom is -0.378 e. The van der Waals surface area contributed by atoms with E-state index in [0.29, 0.717) is 18.7 Å². The molecule has 1 aliphatic heterocycles. The van der Waals surface area contributed by atoms with Gasteiger partial charge in [-0.15, -0.1) is 24.8 Å². The van der Waals surface area contributed by atoms with E-state index in [4.69, 9.17) is 4.74 Å². The highest BCUT2D eigenvalue weighted by atomic mass is 35.5. The molecule has 122 valence electrons. The van der Waals surface area contributed by atoms with E-state index in [1.54, 1.807) is 7.11 Å². The van der Waals surface area contributed by atoms with Gasteiger partial charge in [-0.2, -0.15) is 0 Å². The van der Waals surface area contributed by atoms with Gasteiger partial charge in [-0.1, -0.05) is 12.1 Å². The first-order valence-electron chi connectivity index (χ1n) is 5.98. The lowest BCUT2D eigenvalue weighted by Gasteiger charge is -2.18. The number of methoxy groups -OCH3 is 1. The van der Waals surface area contributed by atoms with Crippen LogP contribution in [0.2, 0.25) is 0 Å². The Hall–Kier alpha value is -0.440. The van der Waals surface area contributed by atoms with Crippen LogP contribution >= 0.6 is 24.8 Å². The molecule has 1 saturated heterocycles. The summed E-state index contributed by atoms with van der Waals surface area (Å²) in [6, 6.07) is 5.17. The van der Waals surface area contributed by atoms with Gasteiger partial charge < -0.3 is 10.1 Å². The van der Waals surface area contributed by atoms with Crippen molar-refractivity contribution in [3.8, 4) is 0 Å². The Morgan fingerprint density at radius 3 is 2.48 bits per heavy atom. The molecule has 0 unspecified atom stereocenters. The zero-order valence-electron chi connectivity index (χ0n) is 11.4. The maximum absolute atomic E-state index is 12.8. The maximum Gasteiger partial charge on any atom is 0.216 e. The van der Waals surface area contributed by atoms with Crippen molar-refractivity contribution in [3.05, 3.63) is 35.6 Å². The van der Waals surface area contributed by atoms with E-state index in [1.165, 1.54) is 24.3 Å². The molecule has 1 heterocycles. The second kappa shape index (κ2) is 8.87. The largest absolute Gasteiger partial charge is 0.378 e. The third-order valence-electron chi connectivity index (χ3n) is 3.06. The first-order valence-corrected chi connectivity index (χ1v) is 7.63. The van der Waals surface area contributed by atoms with E-state index < -0.39 is 10.0 Å². The van der Waals surface area contributed by atoms with Crippen molar-refractivity contribution in [2.24, 2.45) is 0 Å². The monoisotopic (exact) mass is 360 g/mol. The molecular weight excluding hydrogens is 342 g/mol. The van der Waals surface area contributed by atoms with E-state index in [2.05, 4.69) is 10.0 Å². The molecule has 21 heavy (non-hydrogen) atoms. The minimum absolute atomic E-state index is 0. The Labute approximate surface area is 136 Å². The third kappa shape index (κ3) is 6.06. The normalized spacial score (nSPS) is 21.4. The molecule has 0 saturated carbocycles. The molecule has 1 aromatic carbocycles. The first-order chi connectivity index (χ1) is 9.00. The van der Waals surface area contributed by atoms with Gasteiger partial charge in [0.25, 0.3) is 0 Å². The van der Waals surface area contributed by atoms with Gasteiger partial charge in [-0.25, -0.2) is 17.5 Å². The summed E-state index contributed by atoms with van der Waals surface area (Å²) < 4.78 is 44.6. The Balaban J connectivity index is 0.00000200. The summed E-state index contributed by atoms with van der Waals surface area (Å²) in [5.74, 6) is -0.547. The molecule has 9 heteroatoms. The highest BCUT2D eigenvalue weighted by Gasteiger charge is 2.30. The van der Waals surface area contributed by atoms with Crippen molar-refractivity contribution >= 4 is 34.8 Å². The lowest BCUT2D eigenvalue weighted by molar-refractivity contribution is 0.103. The average Bonchev–Trinajstić information content (AvgIpc) is 2.78. The highest BCUT2D eigenvalue weighted by Crippen LogP contribution is 2.10. The van der Waals surface area contributed by atoms with E-state index in [0.717, 1.165) is 0 Å². The number of hydrogen-bond acceptors (Lipinski definition) is 4. The van der Waals surface area contributed by atoms with Crippen molar-refractivity contribution in [1.29, 1.82) is 0 Å². The van der Waals surface area contributed by atoms with Crippen molar-refractivity contribution in [1.82, 2.24) is 10.0 Å². The van der Waals surface area contributed by atoms with Crippen molar-refractivity contribution in [2.45, 2.75) is 17.9 Å². The standard InChI is InChI=1S/C12H17FN2O3S.2ClH/c1-18-12-7-14-6-11(12)15-19(16,17)8-9-2-4-10(13)5-3-9;;/h2-5,11-12,14-15H,6-8H2,1H3;2*1H/t11-,12-;;/m0../s1. The van der Waals surface area contributed by atoms with Crippen LogP contribution < -0.4 is 10.0 Å². The van der Waals surface area contributed by atoms with Crippen LogP contribution in [0.1, 0.15) is 5.56 Å². The van der Waals surface area contributed by atoms with Crippen LogP contribution in [-0.4, -0.2) is 40.8 Å². The molecule has 1 fully saturated rings. The zero-order valence-corrected chi connectivity index (χ0v) is 13.9. The van der Waals surface area contributed by atoms with Crippen molar-refractivity contribution in [2.75, 3.05) is 20.2 Å². The molecule has 1 aliphatic rings. The molecule has 1 aromatic rings. The minimum atomic E-state index is -3.47. The fourth-order valence-corrected chi connectivity index (χ4v) is 3.50. The zero-order chi connectivity index (χ0) is 13.9. The number of halogens is 3. The topological polar surface area (TPSA) is 67.4 Å². The van der Waals surface area contributed by atoms with E-state index >= 15 is 0 Å². The van der Waals surface area contributed by atoms with E-state index in [1.807, 2.05) is 0 Å². The molecule has 2 rings (SSSR count). The summed E-state index contributed by atoms with van der Waals surface area (Å²) in [6.07, 6.45) is -0.164. The van der Waals surface area contributed by atoms with Crippen LogP contribution in [0.3, 0.4) is 0 Å². The quantitative estimate of drug-likeness (QED) is 0.824. The van der Waals surface area contributed by atoms with Gasteiger partial charge in [-0.05, 0) is 17.7 Å². The number of hydrogen-bond donors (Lipinski definition) is 2. The lowest BCUT2D eigenvalue weighted by Crippen LogP contribution is -2.43. The van der Waals surface area contributed by atoms with Crippen LogP contribution in [0.15, 0.2) is 24.3 Å². The van der Waals surface area contributed by atoms with E-state index in [9.17, 15) is 12.8 Å². The molecule has 0 aliphatic carbocycles. The number of sulfonamides is 1. The fourth-order valence-electron chi connectivity index (χ4n) is 2.09. The molecule has 0 radical (unpaired) electrons. The van der Waals surface area contributed by atoms with Gasteiger partial charge in [0, 0.05) is 20.2 Å². The molecule has 2 atom stereocenters. The van der Waals surface area contributed by atoms with Gasteiger partial charge in [0.2, 0.25) is 10.0 Å². The van der Waals surface area contributed by atoms with Crippen molar-refractivity contribution < 1.29 is 17.5 Å². The van der Waals surface area contributed by atoms with Gasteiger partial charge in [-0.3, -0.25) is 0 Å². The van der Waals surface area contributed by atoms with Crippen LogP contribution in [0.4, 0.5) is 4.39 Å². The summed E-state index contributed by atoms with van der Waals surface area (Å²) in [5.41, 5.74) is 0.550. The number of ether oxygens (including phenoxy) is 1.